The van der Waals surface area contributed by atoms with Crippen molar-refractivity contribution in [1.29, 1.82) is 0 Å². The van der Waals surface area contributed by atoms with E-state index in [0.717, 1.165) is 0 Å². The Morgan fingerprint density at radius 2 is 1.90 bits per heavy atom. The molecule has 0 bridgehead atoms. The van der Waals surface area contributed by atoms with Gasteiger partial charge in [0.2, 0.25) is 0 Å². The van der Waals surface area contributed by atoms with Crippen molar-refractivity contribution in [2.24, 2.45) is 0 Å². The predicted molar refractivity (Wildman–Crippen MR) is 79.3 cm³/mol. The second-order valence-corrected chi connectivity index (χ2v) is 6.16. The van der Waals surface area contributed by atoms with Crippen LogP contribution >= 0.6 is 23.2 Å². The summed E-state index contributed by atoms with van der Waals surface area (Å²) < 4.78 is 5.23. The maximum atomic E-state index is 12.0. The van der Waals surface area contributed by atoms with Crippen LogP contribution in [-0.2, 0) is 9.53 Å². The first-order chi connectivity index (χ1) is 9.15. The van der Waals surface area contributed by atoms with Gasteiger partial charge < -0.3 is 9.53 Å². The highest BCUT2D eigenvalue weighted by Crippen LogP contribution is 2.27. The molecule has 0 aliphatic heterocycles. The Balaban J connectivity index is 2.97. The second-order valence-electron chi connectivity index (χ2n) is 5.35. The fourth-order valence-corrected chi connectivity index (χ4v) is 1.84. The molecule has 0 aromatic heterocycles. The molecular formula is C14H17Cl2NO3. The monoisotopic (exact) mass is 317 g/mol. The standard InChI is InChI=1S/C14H17Cl2NO3/c1-14(2,3)20-13(19)17(4)12(8-18)9-5-6-10(15)11(16)7-9/h5-8,12H,1-4H3. The number of amides is 1. The van der Waals surface area contributed by atoms with Gasteiger partial charge >= 0.3 is 6.09 Å². The summed E-state index contributed by atoms with van der Waals surface area (Å²) in [6.07, 6.45) is 0.0735. The van der Waals surface area contributed by atoms with E-state index in [2.05, 4.69) is 0 Å². The fraction of sp³-hybridized carbons (Fsp3) is 0.429. The summed E-state index contributed by atoms with van der Waals surface area (Å²) in [5, 5.41) is 0.716. The van der Waals surface area contributed by atoms with Crippen molar-refractivity contribution in [3.8, 4) is 0 Å². The van der Waals surface area contributed by atoms with Crippen molar-refractivity contribution in [3.63, 3.8) is 0 Å². The minimum atomic E-state index is -0.778. The van der Waals surface area contributed by atoms with Gasteiger partial charge in [0.1, 0.15) is 17.9 Å². The number of aldehydes is 1. The highest BCUT2D eigenvalue weighted by Gasteiger charge is 2.26. The molecule has 0 N–H and O–H groups in total. The number of nitrogens with zero attached hydrogens (tertiary/aromatic N) is 1. The van der Waals surface area contributed by atoms with Gasteiger partial charge in [0.25, 0.3) is 0 Å². The highest BCUT2D eigenvalue weighted by molar-refractivity contribution is 6.42. The molecule has 0 radical (unpaired) electrons. The molecule has 0 aliphatic rings. The van der Waals surface area contributed by atoms with Gasteiger partial charge in [-0.1, -0.05) is 29.3 Å². The third-order valence-electron chi connectivity index (χ3n) is 2.51. The lowest BCUT2D eigenvalue weighted by atomic mass is 10.1. The number of rotatable bonds is 3. The van der Waals surface area contributed by atoms with Crippen LogP contribution in [0.5, 0.6) is 0 Å². The van der Waals surface area contributed by atoms with Crippen molar-refractivity contribution >= 4 is 35.6 Å². The van der Waals surface area contributed by atoms with Gasteiger partial charge in [-0.05, 0) is 38.5 Å². The van der Waals surface area contributed by atoms with E-state index in [1.54, 1.807) is 39.0 Å². The topological polar surface area (TPSA) is 46.6 Å². The Kier molecular flexibility index (Phi) is 5.42. The Morgan fingerprint density at radius 1 is 1.30 bits per heavy atom. The average Bonchev–Trinajstić information content (AvgIpc) is 2.32. The molecule has 110 valence electrons. The van der Waals surface area contributed by atoms with Crippen LogP contribution in [0.1, 0.15) is 32.4 Å². The van der Waals surface area contributed by atoms with Gasteiger partial charge in [-0.15, -0.1) is 0 Å². The maximum Gasteiger partial charge on any atom is 0.410 e. The first-order valence-electron chi connectivity index (χ1n) is 6.02. The molecule has 0 aliphatic carbocycles. The van der Waals surface area contributed by atoms with Crippen LogP contribution in [0.15, 0.2) is 18.2 Å². The van der Waals surface area contributed by atoms with Crippen molar-refractivity contribution in [2.45, 2.75) is 32.4 Å². The van der Waals surface area contributed by atoms with Crippen LogP contribution in [0.3, 0.4) is 0 Å². The van der Waals surface area contributed by atoms with Crippen LogP contribution in [0, 0.1) is 0 Å². The summed E-state index contributed by atoms with van der Waals surface area (Å²) in [6.45, 7) is 5.27. The molecule has 0 saturated carbocycles. The number of hydrogen-bond acceptors (Lipinski definition) is 3. The van der Waals surface area contributed by atoms with E-state index >= 15 is 0 Å². The van der Waals surface area contributed by atoms with Crippen LogP contribution < -0.4 is 0 Å². The third-order valence-corrected chi connectivity index (χ3v) is 3.25. The normalized spacial score (nSPS) is 12.7. The predicted octanol–water partition coefficient (Wildman–Crippen LogP) is 4.10. The summed E-state index contributed by atoms with van der Waals surface area (Å²) >= 11 is 11.8. The zero-order chi connectivity index (χ0) is 15.5. The third kappa shape index (κ3) is 4.39. The minimum absolute atomic E-state index is 0.327. The Hall–Kier alpha value is -1.26. The lowest BCUT2D eigenvalue weighted by Gasteiger charge is -2.28. The Morgan fingerprint density at radius 3 is 2.35 bits per heavy atom. The molecule has 1 unspecified atom stereocenters. The van der Waals surface area contributed by atoms with Crippen molar-refractivity contribution in [2.75, 3.05) is 7.05 Å². The van der Waals surface area contributed by atoms with Gasteiger partial charge in [0, 0.05) is 7.05 Å². The lowest BCUT2D eigenvalue weighted by Crippen LogP contribution is -2.37. The number of carbonyl (C=O) groups excluding carboxylic acids is 2. The number of hydrogen-bond donors (Lipinski definition) is 0. The van der Waals surface area contributed by atoms with E-state index in [-0.39, 0.29) is 0 Å². The SMILES string of the molecule is CN(C(=O)OC(C)(C)C)C(C=O)c1ccc(Cl)c(Cl)c1. The van der Waals surface area contributed by atoms with Crippen LogP contribution in [-0.4, -0.2) is 29.9 Å². The van der Waals surface area contributed by atoms with E-state index in [0.29, 0.717) is 21.9 Å². The molecule has 4 nitrogen and oxygen atoms in total. The first-order valence-corrected chi connectivity index (χ1v) is 6.77. The maximum absolute atomic E-state index is 12.0. The Bertz CT molecular complexity index is 512. The minimum Gasteiger partial charge on any atom is -0.444 e. The molecular weight excluding hydrogens is 301 g/mol. The molecule has 0 saturated heterocycles. The molecule has 6 heteroatoms. The smallest absolute Gasteiger partial charge is 0.410 e. The molecule has 0 fully saturated rings. The molecule has 1 amide bonds. The highest BCUT2D eigenvalue weighted by atomic mass is 35.5. The van der Waals surface area contributed by atoms with Gasteiger partial charge in [-0.3, -0.25) is 4.90 Å². The second kappa shape index (κ2) is 6.46. The number of carbonyl (C=O) groups is 2. The molecule has 20 heavy (non-hydrogen) atoms. The van der Waals surface area contributed by atoms with Crippen LogP contribution in [0.2, 0.25) is 10.0 Å². The summed E-state index contributed by atoms with van der Waals surface area (Å²) in [5.74, 6) is 0. The molecule has 1 atom stereocenters. The summed E-state index contributed by atoms with van der Waals surface area (Å²) in [7, 11) is 1.50. The number of ether oxygens (including phenoxy) is 1. The quantitative estimate of drug-likeness (QED) is 0.788. The molecule has 1 aromatic carbocycles. The first kappa shape index (κ1) is 16.8. The van der Waals surface area contributed by atoms with Crippen molar-refractivity contribution in [3.05, 3.63) is 33.8 Å². The van der Waals surface area contributed by atoms with E-state index in [1.165, 1.54) is 11.9 Å². The average molecular weight is 318 g/mol. The molecule has 1 aromatic rings. The van der Waals surface area contributed by atoms with Crippen molar-refractivity contribution < 1.29 is 14.3 Å². The summed E-state index contributed by atoms with van der Waals surface area (Å²) in [4.78, 5) is 24.5. The number of benzene rings is 1. The van der Waals surface area contributed by atoms with E-state index in [1.807, 2.05) is 0 Å². The summed E-state index contributed by atoms with van der Waals surface area (Å²) in [5.41, 5.74) is -0.0566. The number of halogens is 2. The van der Waals surface area contributed by atoms with E-state index in [9.17, 15) is 9.59 Å². The largest absolute Gasteiger partial charge is 0.444 e. The van der Waals surface area contributed by atoms with Gasteiger partial charge in [0.05, 0.1) is 10.0 Å². The molecule has 0 spiro atoms. The van der Waals surface area contributed by atoms with Crippen molar-refractivity contribution in [1.82, 2.24) is 4.90 Å². The number of likely N-dealkylation sites (N-methyl/N-ethyl adjacent to an activating group) is 1. The van der Waals surface area contributed by atoms with E-state index < -0.39 is 17.7 Å². The van der Waals surface area contributed by atoms with E-state index in [4.69, 9.17) is 27.9 Å². The van der Waals surface area contributed by atoms with Crippen LogP contribution in [0.25, 0.3) is 0 Å². The lowest BCUT2D eigenvalue weighted by molar-refractivity contribution is -0.112. The molecule has 1 rings (SSSR count). The fourth-order valence-electron chi connectivity index (χ4n) is 1.54. The van der Waals surface area contributed by atoms with Gasteiger partial charge in [0.15, 0.2) is 0 Å². The van der Waals surface area contributed by atoms with Gasteiger partial charge in [-0.25, -0.2) is 4.79 Å². The zero-order valence-corrected chi connectivity index (χ0v) is 13.3. The van der Waals surface area contributed by atoms with Crippen LogP contribution in [0.4, 0.5) is 4.79 Å². The van der Waals surface area contributed by atoms with Gasteiger partial charge in [-0.2, -0.15) is 0 Å². The zero-order valence-electron chi connectivity index (χ0n) is 11.8. The molecule has 0 heterocycles. The summed E-state index contributed by atoms with van der Waals surface area (Å²) in [6, 6.07) is 4.01. The Labute approximate surface area is 128 Å².